The third-order valence-electron chi connectivity index (χ3n) is 3.07. The van der Waals surface area contributed by atoms with Gasteiger partial charge in [-0.1, -0.05) is 29.8 Å². The molecule has 1 aliphatic rings. The summed E-state index contributed by atoms with van der Waals surface area (Å²) in [4.78, 5) is 0. The van der Waals surface area contributed by atoms with Crippen molar-refractivity contribution in [2.45, 2.75) is 24.5 Å². The van der Waals surface area contributed by atoms with Crippen molar-refractivity contribution >= 4 is 11.6 Å². The summed E-state index contributed by atoms with van der Waals surface area (Å²) in [6.07, 6.45) is -3.21. The lowest BCUT2D eigenvalue weighted by atomic mass is 9.86. The Morgan fingerprint density at radius 2 is 2.00 bits per heavy atom. The summed E-state index contributed by atoms with van der Waals surface area (Å²) in [7, 11) is 0. The largest absolute Gasteiger partial charge is 0.393 e. The topological polar surface area (TPSA) is 46.2 Å². The summed E-state index contributed by atoms with van der Waals surface area (Å²) in [5, 5.41) is 9.52. The minimum absolute atomic E-state index is 0.202. The van der Waals surface area contributed by atoms with Crippen LogP contribution >= 0.6 is 11.6 Å². The van der Waals surface area contributed by atoms with Gasteiger partial charge in [-0.3, -0.25) is 0 Å². The zero-order chi connectivity index (χ0) is 11.9. The summed E-state index contributed by atoms with van der Waals surface area (Å²) in [6.45, 7) is 0. The van der Waals surface area contributed by atoms with Crippen molar-refractivity contribution in [3.8, 4) is 0 Å². The lowest BCUT2D eigenvalue weighted by molar-refractivity contribution is 0.0283. The molecule has 0 amide bonds. The van der Waals surface area contributed by atoms with Crippen LogP contribution in [-0.2, 0) is 5.54 Å². The second-order valence-corrected chi connectivity index (χ2v) is 4.53. The van der Waals surface area contributed by atoms with Crippen molar-refractivity contribution in [3.05, 3.63) is 34.9 Å². The van der Waals surface area contributed by atoms with Crippen LogP contribution in [0.15, 0.2) is 24.3 Å². The molecule has 0 heterocycles. The zero-order valence-corrected chi connectivity index (χ0v) is 9.16. The molecule has 3 N–H and O–H groups in total. The molecule has 16 heavy (non-hydrogen) atoms. The van der Waals surface area contributed by atoms with E-state index < -0.39 is 24.0 Å². The number of aliphatic hydroxyl groups excluding tert-OH is 1. The van der Waals surface area contributed by atoms with E-state index in [1.165, 1.54) is 12.1 Å². The highest BCUT2D eigenvalue weighted by Crippen LogP contribution is 2.49. The van der Waals surface area contributed by atoms with Crippen LogP contribution in [0.1, 0.15) is 12.0 Å². The van der Waals surface area contributed by atoms with Crippen molar-refractivity contribution in [3.63, 3.8) is 0 Å². The zero-order valence-electron chi connectivity index (χ0n) is 8.41. The Morgan fingerprint density at radius 3 is 2.44 bits per heavy atom. The van der Waals surface area contributed by atoms with Gasteiger partial charge >= 0.3 is 0 Å². The molecule has 1 fully saturated rings. The third kappa shape index (κ3) is 1.71. The normalized spacial score (nSPS) is 27.9. The molecule has 0 bridgehead atoms. The number of hydrogen-bond donors (Lipinski definition) is 2. The number of rotatable bonds is 3. The van der Waals surface area contributed by atoms with E-state index in [-0.39, 0.29) is 10.6 Å². The number of nitrogens with two attached hydrogens (primary N) is 1. The van der Waals surface area contributed by atoms with Gasteiger partial charge in [-0.2, -0.15) is 0 Å². The van der Waals surface area contributed by atoms with Crippen LogP contribution in [0, 0.1) is 5.92 Å². The highest BCUT2D eigenvalue weighted by molar-refractivity contribution is 6.31. The number of benzene rings is 1. The van der Waals surface area contributed by atoms with E-state index in [1.807, 2.05) is 0 Å². The maximum atomic E-state index is 13.1. The quantitative estimate of drug-likeness (QED) is 0.860. The van der Waals surface area contributed by atoms with Crippen molar-refractivity contribution in [1.29, 1.82) is 0 Å². The van der Waals surface area contributed by atoms with Crippen molar-refractivity contribution < 1.29 is 13.9 Å². The standard InChI is InChI=1S/C11H12ClF2NO/c12-8-4-2-1-3-6(8)11(15,10(13)14)7-5-9(7)16/h1-4,7,9-10,16H,5,15H2/t7-,9+,11?/m0/s1. The van der Waals surface area contributed by atoms with E-state index in [2.05, 4.69) is 0 Å². The number of alkyl halides is 2. The molecule has 0 aromatic heterocycles. The van der Waals surface area contributed by atoms with Crippen LogP contribution in [-0.4, -0.2) is 17.6 Å². The first-order valence-corrected chi connectivity index (χ1v) is 5.35. The third-order valence-corrected chi connectivity index (χ3v) is 3.40. The molecule has 3 atom stereocenters. The predicted molar refractivity (Wildman–Crippen MR) is 57.4 cm³/mol. The minimum Gasteiger partial charge on any atom is -0.393 e. The van der Waals surface area contributed by atoms with Gasteiger partial charge in [0.1, 0.15) is 5.54 Å². The fourth-order valence-electron chi connectivity index (χ4n) is 1.99. The molecule has 0 aliphatic heterocycles. The molecule has 1 aromatic rings. The van der Waals surface area contributed by atoms with Gasteiger partial charge in [0.2, 0.25) is 0 Å². The van der Waals surface area contributed by atoms with E-state index in [0.717, 1.165) is 0 Å². The molecule has 0 saturated heterocycles. The summed E-state index contributed by atoms with van der Waals surface area (Å²) in [6, 6.07) is 6.27. The lowest BCUT2D eigenvalue weighted by Crippen LogP contribution is -2.47. The molecule has 1 unspecified atom stereocenters. The summed E-state index contributed by atoms with van der Waals surface area (Å²) < 4.78 is 26.2. The van der Waals surface area contributed by atoms with Gasteiger partial charge in [0.15, 0.2) is 0 Å². The fraction of sp³-hybridized carbons (Fsp3) is 0.455. The number of halogens is 3. The second kappa shape index (κ2) is 3.95. The first kappa shape index (κ1) is 11.8. The Morgan fingerprint density at radius 1 is 1.44 bits per heavy atom. The Bertz CT molecular complexity index is 401. The molecular formula is C11H12ClF2NO. The van der Waals surface area contributed by atoms with Crippen molar-refractivity contribution in [1.82, 2.24) is 0 Å². The predicted octanol–water partition coefficient (Wildman–Crippen LogP) is 2.14. The van der Waals surface area contributed by atoms with E-state index in [0.29, 0.717) is 6.42 Å². The molecule has 1 aliphatic carbocycles. The number of hydrogen-bond acceptors (Lipinski definition) is 2. The maximum absolute atomic E-state index is 13.1. The molecule has 5 heteroatoms. The summed E-state index contributed by atoms with van der Waals surface area (Å²) >= 11 is 5.88. The van der Waals surface area contributed by atoms with Crippen LogP contribution in [0.4, 0.5) is 8.78 Å². The Labute approximate surface area is 97.0 Å². The Hall–Kier alpha value is -0.710. The second-order valence-electron chi connectivity index (χ2n) is 4.12. The molecule has 2 rings (SSSR count). The van der Waals surface area contributed by atoms with Gasteiger partial charge in [-0.05, 0) is 18.1 Å². The number of aliphatic hydroxyl groups is 1. The lowest BCUT2D eigenvalue weighted by Gasteiger charge is -2.30. The molecule has 1 saturated carbocycles. The van der Waals surface area contributed by atoms with E-state index in [9.17, 15) is 13.9 Å². The van der Waals surface area contributed by atoms with Gasteiger partial charge in [-0.25, -0.2) is 8.78 Å². The van der Waals surface area contributed by atoms with E-state index in [1.54, 1.807) is 12.1 Å². The first-order valence-electron chi connectivity index (χ1n) is 4.98. The van der Waals surface area contributed by atoms with Gasteiger partial charge in [0, 0.05) is 10.9 Å². The van der Waals surface area contributed by atoms with Gasteiger partial charge < -0.3 is 10.8 Å². The Kier molecular flexibility index (Phi) is 2.90. The van der Waals surface area contributed by atoms with Crippen LogP contribution in [0.5, 0.6) is 0 Å². The average Bonchev–Trinajstić information content (AvgIpc) is 2.95. The van der Waals surface area contributed by atoms with E-state index >= 15 is 0 Å². The minimum atomic E-state index is -2.76. The maximum Gasteiger partial charge on any atom is 0.260 e. The van der Waals surface area contributed by atoms with Crippen LogP contribution in [0.3, 0.4) is 0 Å². The van der Waals surface area contributed by atoms with Crippen molar-refractivity contribution in [2.24, 2.45) is 11.7 Å². The molecule has 88 valence electrons. The van der Waals surface area contributed by atoms with Crippen LogP contribution in [0.25, 0.3) is 0 Å². The first-order chi connectivity index (χ1) is 7.48. The average molecular weight is 248 g/mol. The smallest absolute Gasteiger partial charge is 0.260 e. The van der Waals surface area contributed by atoms with Crippen molar-refractivity contribution in [2.75, 3.05) is 0 Å². The van der Waals surface area contributed by atoms with E-state index in [4.69, 9.17) is 17.3 Å². The van der Waals surface area contributed by atoms with Crippen LogP contribution in [0.2, 0.25) is 5.02 Å². The summed E-state index contributed by atoms with van der Waals surface area (Å²) in [5.74, 6) is -0.618. The highest BCUT2D eigenvalue weighted by Gasteiger charge is 2.56. The summed E-state index contributed by atoms with van der Waals surface area (Å²) in [5.41, 5.74) is 4.12. The fourth-order valence-corrected chi connectivity index (χ4v) is 2.29. The van der Waals surface area contributed by atoms with Gasteiger partial charge in [-0.15, -0.1) is 0 Å². The molecular weight excluding hydrogens is 236 g/mol. The molecule has 1 aromatic carbocycles. The molecule has 0 radical (unpaired) electrons. The SMILES string of the molecule is NC(c1ccccc1Cl)(C(F)F)[C@H]1C[C@H]1O. The van der Waals surface area contributed by atoms with Gasteiger partial charge in [0.25, 0.3) is 6.43 Å². The molecule has 0 spiro atoms. The molecule has 2 nitrogen and oxygen atoms in total. The monoisotopic (exact) mass is 247 g/mol. The highest BCUT2D eigenvalue weighted by atomic mass is 35.5. The van der Waals surface area contributed by atoms with Crippen LogP contribution < -0.4 is 5.73 Å². The van der Waals surface area contributed by atoms with Gasteiger partial charge in [0.05, 0.1) is 6.10 Å². The Balaban J connectivity index is 2.44.